The molecule has 0 atom stereocenters. The second-order valence-electron chi connectivity index (χ2n) is 10.6. The van der Waals surface area contributed by atoms with Crippen LogP contribution in [0.4, 0.5) is 17.1 Å². The maximum atomic E-state index is 2.36. The van der Waals surface area contributed by atoms with Crippen molar-refractivity contribution in [2.45, 2.75) is 0 Å². The number of fused-ring (bicyclic) bond motifs is 5. The van der Waals surface area contributed by atoms with E-state index in [1.807, 2.05) is 11.3 Å². The molecule has 0 aliphatic rings. The highest BCUT2D eigenvalue weighted by Gasteiger charge is 2.15. The molecule has 0 N–H and O–H groups in total. The van der Waals surface area contributed by atoms with E-state index in [1.165, 1.54) is 53.2 Å². The molecule has 198 valence electrons. The molecule has 0 bridgehead atoms. The SMILES string of the molecule is c1ccc(-c2ccc(N(c3ccc(-c4ccccc4)cc3)c3ccc4c(ccc5sc6ccccc6c54)c3)cc2)cc1. The maximum absolute atomic E-state index is 2.36. The van der Waals surface area contributed by atoms with Gasteiger partial charge in [-0.1, -0.05) is 115 Å². The molecule has 2 heteroatoms. The zero-order chi connectivity index (χ0) is 27.9. The van der Waals surface area contributed by atoms with Gasteiger partial charge in [0.1, 0.15) is 0 Å². The van der Waals surface area contributed by atoms with Gasteiger partial charge >= 0.3 is 0 Å². The Morgan fingerprint density at radius 1 is 0.357 bits per heavy atom. The quantitative estimate of drug-likeness (QED) is 0.205. The van der Waals surface area contributed by atoms with Crippen LogP contribution >= 0.6 is 11.3 Å². The monoisotopic (exact) mass is 553 g/mol. The Morgan fingerprint density at radius 2 is 0.881 bits per heavy atom. The van der Waals surface area contributed by atoms with Crippen LogP contribution in [0.5, 0.6) is 0 Å². The minimum atomic E-state index is 1.13. The van der Waals surface area contributed by atoms with E-state index in [-0.39, 0.29) is 0 Å². The average Bonchev–Trinajstić information content (AvgIpc) is 3.46. The van der Waals surface area contributed by atoms with Crippen LogP contribution in [0.15, 0.2) is 164 Å². The van der Waals surface area contributed by atoms with Crippen molar-refractivity contribution in [2.75, 3.05) is 4.90 Å². The first kappa shape index (κ1) is 24.6. The van der Waals surface area contributed by atoms with Crippen molar-refractivity contribution in [1.29, 1.82) is 0 Å². The Morgan fingerprint density at radius 3 is 1.50 bits per heavy atom. The first-order valence-corrected chi connectivity index (χ1v) is 15.1. The molecule has 0 amide bonds. The van der Waals surface area contributed by atoms with Crippen LogP contribution < -0.4 is 4.90 Å². The first-order valence-electron chi connectivity index (χ1n) is 14.3. The summed E-state index contributed by atoms with van der Waals surface area (Å²) in [6.45, 7) is 0. The summed E-state index contributed by atoms with van der Waals surface area (Å²) in [6.07, 6.45) is 0. The van der Waals surface area contributed by atoms with Gasteiger partial charge < -0.3 is 4.90 Å². The zero-order valence-electron chi connectivity index (χ0n) is 22.9. The van der Waals surface area contributed by atoms with Gasteiger partial charge in [0.25, 0.3) is 0 Å². The zero-order valence-corrected chi connectivity index (χ0v) is 23.8. The molecule has 0 fully saturated rings. The second-order valence-corrected chi connectivity index (χ2v) is 11.7. The maximum Gasteiger partial charge on any atom is 0.0468 e. The molecule has 1 heterocycles. The van der Waals surface area contributed by atoms with Crippen LogP contribution in [0.25, 0.3) is 53.2 Å². The third kappa shape index (κ3) is 4.34. The topological polar surface area (TPSA) is 3.24 Å². The van der Waals surface area contributed by atoms with Gasteiger partial charge in [0, 0.05) is 37.2 Å². The molecule has 42 heavy (non-hydrogen) atoms. The number of nitrogens with zero attached hydrogens (tertiary/aromatic N) is 1. The van der Waals surface area contributed by atoms with E-state index in [0.717, 1.165) is 17.1 Å². The molecule has 0 aliphatic heterocycles. The minimum Gasteiger partial charge on any atom is -0.310 e. The fourth-order valence-corrected chi connectivity index (χ4v) is 7.12. The lowest BCUT2D eigenvalue weighted by atomic mass is 10.0. The molecule has 8 aromatic rings. The van der Waals surface area contributed by atoms with Crippen molar-refractivity contribution in [3.05, 3.63) is 164 Å². The van der Waals surface area contributed by atoms with Gasteiger partial charge in [-0.25, -0.2) is 0 Å². The summed E-state index contributed by atoms with van der Waals surface area (Å²) >= 11 is 1.87. The van der Waals surface area contributed by atoms with Crippen molar-refractivity contribution in [3.63, 3.8) is 0 Å². The molecule has 8 rings (SSSR count). The van der Waals surface area contributed by atoms with E-state index in [0.29, 0.717) is 0 Å². The van der Waals surface area contributed by atoms with Crippen LogP contribution in [-0.4, -0.2) is 0 Å². The van der Waals surface area contributed by atoms with Crippen LogP contribution in [0.3, 0.4) is 0 Å². The Hall–Kier alpha value is -5.18. The highest BCUT2D eigenvalue weighted by molar-refractivity contribution is 7.26. The lowest BCUT2D eigenvalue weighted by Gasteiger charge is -2.26. The Labute approximate surface area is 249 Å². The van der Waals surface area contributed by atoms with Gasteiger partial charge in [0.15, 0.2) is 0 Å². The highest BCUT2D eigenvalue weighted by atomic mass is 32.1. The number of thiophene rings is 1. The molecule has 0 saturated carbocycles. The van der Waals surface area contributed by atoms with E-state index < -0.39 is 0 Å². The number of anilines is 3. The molecule has 0 aliphatic carbocycles. The molecule has 0 spiro atoms. The standard InChI is InChI=1S/C40H27NS/c1-3-9-28(10-4-1)30-15-20-33(21-16-30)41(34-22-17-31(18-23-34)29-11-5-2-6-12-29)35-24-25-36-32(27-35)19-26-39-40(36)37-13-7-8-14-38(37)42-39/h1-27H. The molecule has 0 unspecified atom stereocenters. The summed E-state index contributed by atoms with van der Waals surface area (Å²) in [6, 6.07) is 59.1. The Balaban J connectivity index is 1.26. The average molecular weight is 554 g/mol. The normalized spacial score (nSPS) is 11.3. The molecule has 7 aromatic carbocycles. The van der Waals surface area contributed by atoms with Crippen molar-refractivity contribution in [1.82, 2.24) is 0 Å². The lowest BCUT2D eigenvalue weighted by molar-refractivity contribution is 1.29. The van der Waals surface area contributed by atoms with Gasteiger partial charge in [-0.05, 0) is 81.6 Å². The Kier molecular flexibility index (Phi) is 6.05. The summed E-state index contributed by atoms with van der Waals surface area (Å²) in [4.78, 5) is 2.36. The summed E-state index contributed by atoms with van der Waals surface area (Å²) in [7, 11) is 0. The molecular weight excluding hydrogens is 527 g/mol. The third-order valence-electron chi connectivity index (χ3n) is 8.06. The Bertz CT molecular complexity index is 2080. The van der Waals surface area contributed by atoms with Gasteiger partial charge in [-0.3, -0.25) is 0 Å². The number of hydrogen-bond donors (Lipinski definition) is 0. The molecule has 0 saturated heterocycles. The third-order valence-corrected chi connectivity index (χ3v) is 9.20. The van der Waals surface area contributed by atoms with Crippen molar-refractivity contribution in [2.24, 2.45) is 0 Å². The van der Waals surface area contributed by atoms with E-state index in [4.69, 9.17) is 0 Å². The predicted molar refractivity (Wildman–Crippen MR) is 182 cm³/mol. The summed E-state index contributed by atoms with van der Waals surface area (Å²) < 4.78 is 2.67. The largest absolute Gasteiger partial charge is 0.310 e. The van der Waals surface area contributed by atoms with Gasteiger partial charge in [0.05, 0.1) is 0 Å². The van der Waals surface area contributed by atoms with Crippen LogP contribution in [0, 0.1) is 0 Å². The fraction of sp³-hybridized carbons (Fsp3) is 0. The number of benzene rings is 7. The summed E-state index contributed by atoms with van der Waals surface area (Å²) in [5.41, 5.74) is 8.27. The number of rotatable bonds is 5. The second kappa shape index (κ2) is 10.3. The van der Waals surface area contributed by atoms with Gasteiger partial charge in [0.2, 0.25) is 0 Å². The van der Waals surface area contributed by atoms with Crippen molar-refractivity contribution >= 4 is 59.3 Å². The smallest absolute Gasteiger partial charge is 0.0468 e. The molecular formula is C40H27NS. The minimum absolute atomic E-state index is 1.13. The highest BCUT2D eigenvalue weighted by Crippen LogP contribution is 2.42. The first-order chi connectivity index (χ1) is 20.8. The molecule has 1 aromatic heterocycles. The lowest BCUT2D eigenvalue weighted by Crippen LogP contribution is -2.09. The van der Waals surface area contributed by atoms with Crippen LogP contribution in [0.2, 0.25) is 0 Å². The van der Waals surface area contributed by atoms with Crippen LogP contribution in [0.1, 0.15) is 0 Å². The fourth-order valence-electron chi connectivity index (χ4n) is 5.99. The van der Waals surface area contributed by atoms with Crippen LogP contribution in [-0.2, 0) is 0 Å². The van der Waals surface area contributed by atoms with E-state index in [2.05, 4.69) is 169 Å². The van der Waals surface area contributed by atoms with E-state index in [1.54, 1.807) is 0 Å². The van der Waals surface area contributed by atoms with Gasteiger partial charge in [-0.15, -0.1) is 11.3 Å². The van der Waals surface area contributed by atoms with E-state index in [9.17, 15) is 0 Å². The van der Waals surface area contributed by atoms with Crippen molar-refractivity contribution in [3.8, 4) is 22.3 Å². The van der Waals surface area contributed by atoms with E-state index >= 15 is 0 Å². The summed E-state index contributed by atoms with van der Waals surface area (Å²) in [5.74, 6) is 0. The van der Waals surface area contributed by atoms with Gasteiger partial charge in [-0.2, -0.15) is 0 Å². The number of hydrogen-bond acceptors (Lipinski definition) is 2. The summed E-state index contributed by atoms with van der Waals surface area (Å²) in [5, 5.41) is 5.23. The molecule has 0 radical (unpaired) electrons. The molecule has 1 nitrogen and oxygen atoms in total. The van der Waals surface area contributed by atoms with Crippen molar-refractivity contribution < 1.29 is 0 Å². The predicted octanol–water partition coefficient (Wildman–Crippen LogP) is 12.0.